The summed E-state index contributed by atoms with van der Waals surface area (Å²) in [5.74, 6) is -2.65. The Morgan fingerprint density at radius 3 is 2.11 bits per heavy atom. The van der Waals surface area contributed by atoms with Crippen LogP contribution >= 0.6 is 0 Å². The molecule has 1 aromatic rings. The van der Waals surface area contributed by atoms with Crippen LogP contribution in [0.5, 0.6) is 0 Å². The maximum Gasteiger partial charge on any atom is 0.328 e. The third kappa shape index (κ3) is 10.7. The highest BCUT2D eigenvalue weighted by molar-refractivity contribution is 6.03. The van der Waals surface area contributed by atoms with Crippen LogP contribution in [0.25, 0.3) is 6.08 Å². The summed E-state index contributed by atoms with van der Waals surface area (Å²) in [7, 11) is 1.24. The number of nitrogens with one attached hydrogen (secondary N) is 4. The molecular weight excluding hydrogens is 464 g/mol. The Bertz CT molecular complexity index is 966. The van der Waals surface area contributed by atoms with Crippen LogP contribution in [-0.2, 0) is 28.7 Å². The molecule has 0 saturated carbocycles. The number of amides is 4. The van der Waals surface area contributed by atoms with E-state index in [1.807, 2.05) is 19.9 Å². The fourth-order valence-electron chi connectivity index (χ4n) is 2.92. The highest BCUT2D eigenvalue weighted by Gasteiger charge is 2.27. The Labute approximate surface area is 212 Å². The highest BCUT2D eigenvalue weighted by Crippen LogP contribution is 2.14. The lowest BCUT2D eigenvalue weighted by Crippen LogP contribution is -2.52. The lowest BCUT2D eigenvalue weighted by molar-refractivity contribution is -0.145. The van der Waals surface area contributed by atoms with E-state index in [1.165, 1.54) is 20.1 Å². The van der Waals surface area contributed by atoms with E-state index < -0.39 is 47.7 Å². The van der Waals surface area contributed by atoms with Gasteiger partial charge in [0, 0.05) is 5.41 Å². The fraction of sp³-hybridized carbons (Fsp3) is 0.500. The molecule has 198 valence electrons. The Kier molecular flexibility index (Phi) is 11.8. The number of benzene rings is 1. The van der Waals surface area contributed by atoms with Crippen molar-refractivity contribution in [3.05, 3.63) is 41.6 Å². The van der Waals surface area contributed by atoms with Gasteiger partial charge in [-0.1, -0.05) is 65.0 Å². The van der Waals surface area contributed by atoms with E-state index in [2.05, 4.69) is 21.3 Å². The maximum absolute atomic E-state index is 12.8. The van der Waals surface area contributed by atoms with Crippen molar-refractivity contribution in [1.29, 1.82) is 0 Å². The van der Waals surface area contributed by atoms with Gasteiger partial charge in [-0.3, -0.25) is 19.2 Å². The number of carbonyl (C=O) groups is 5. The quantitative estimate of drug-likeness (QED) is 0.267. The number of ether oxygens (including phenoxy) is 1. The van der Waals surface area contributed by atoms with Crippen LogP contribution in [0.1, 0.15) is 53.5 Å². The molecule has 0 spiro atoms. The standard InChI is InChI=1S/C26H38N4O6/c1-16(2)13-20(24(34)36-7)29-22(32)17(3)28-21(31)15-27-23(33)19(30-25(35)26(4,5)6)14-18-11-9-8-10-12-18/h8-12,14,16-17,20H,13,15H2,1-7H3,(H,27,33)(H,28,31)(H,29,32)(H,30,35)/b19-14-/t17-,20+/m0/s1. The predicted molar refractivity (Wildman–Crippen MR) is 136 cm³/mol. The molecule has 0 radical (unpaired) electrons. The lowest BCUT2D eigenvalue weighted by atomic mass is 9.95. The second kappa shape index (κ2) is 14.0. The molecule has 0 aliphatic carbocycles. The minimum Gasteiger partial charge on any atom is -0.467 e. The second-order valence-corrected chi connectivity index (χ2v) is 9.86. The third-order valence-electron chi connectivity index (χ3n) is 4.97. The van der Waals surface area contributed by atoms with Crippen molar-refractivity contribution >= 4 is 35.7 Å². The number of rotatable bonds is 11. The zero-order valence-corrected chi connectivity index (χ0v) is 22.1. The molecule has 10 nitrogen and oxygen atoms in total. The van der Waals surface area contributed by atoms with Gasteiger partial charge in [0.15, 0.2) is 0 Å². The average molecular weight is 503 g/mol. The van der Waals surface area contributed by atoms with Crippen LogP contribution in [0.4, 0.5) is 0 Å². The van der Waals surface area contributed by atoms with Crippen molar-refractivity contribution in [2.24, 2.45) is 11.3 Å². The molecule has 2 atom stereocenters. The first-order valence-corrected chi connectivity index (χ1v) is 11.8. The van der Waals surface area contributed by atoms with E-state index in [9.17, 15) is 24.0 Å². The summed E-state index contributed by atoms with van der Waals surface area (Å²) >= 11 is 0. The van der Waals surface area contributed by atoms with Gasteiger partial charge in [0.2, 0.25) is 17.7 Å². The molecule has 0 unspecified atom stereocenters. The summed E-state index contributed by atoms with van der Waals surface area (Å²) < 4.78 is 4.73. The van der Waals surface area contributed by atoms with Crippen LogP contribution in [0.3, 0.4) is 0 Å². The van der Waals surface area contributed by atoms with Gasteiger partial charge < -0.3 is 26.0 Å². The first-order valence-electron chi connectivity index (χ1n) is 11.8. The number of methoxy groups -OCH3 is 1. The number of carbonyl (C=O) groups excluding carboxylic acids is 5. The first kappa shape index (κ1) is 30.3. The van der Waals surface area contributed by atoms with E-state index >= 15 is 0 Å². The summed E-state index contributed by atoms with van der Waals surface area (Å²) in [4.78, 5) is 62.0. The molecule has 0 heterocycles. The molecule has 36 heavy (non-hydrogen) atoms. The number of hydrogen-bond donors (Lipinski definition) is 4. The van der Waals surface area contributed by atoms with E-state index in [4.69, 9.17) is 4.74 Å². The Balaban J connectivity index is 2.79. The van der Waals surface area contributed by atoms with Crippen LogP contribution < -0.4 is 21.3 Å². The normalized spacial score (nSPS) is 13.3. The van der Waals surface area contributed by atoms with Gasteiger partial charge in [-0.25, -0.2) is 4.79 Å². The largest absolute Gasteiger partial charge is 0.467 e. The maximum atomic E-state index is 12.8. The first-order chi connectivity index (χ1) is 16.7. The minimum absolute atomic E-state index is 0.0191. The van der Waals surface area contributed by atoms with Crippen molar-refractivity contribution in [2.75, 3.05) is 13.7 Å². The summed E-state index contributed by atoms with van der Waals surface area (Å²) in [6.45, 7) is 9.98. The molecule has 0 aliphatic rings. The lowest BCUT2D eigenvalue weighted by Gasteiger charge is -2.21. The molecule has 0 bridgehead atoms. The number of hydrogen-bond acceptors (Lipinski definition) is 6. The van der Waals surface area contributed by atoms with Crippen LogP contribution in [-0.4, -0.2) is 55.3 Å². The van der Waals surface area contributed by atoms with Crippen LogP contribution in [0.15, 0.2) is 36.0 Å². The third-order valence-corrected chi connectivity index (χ3v) is 4.97. The van der Waals surface area contributed by atoms with E-state index in [0.29, 0.717) is 12.0 Å². The fourth-order valence-corrected chi connectivity index (χ4v) is 2.92. The summed E-state index contributed by atoms with van der Waals surface area (Å²) in [6, 6.07) is 7.14. The Morgan fingerprint density at radius 1 is 0.972 bits per heavy atom. The predicted octanol–water partition coefficient (Wildman–Crippen LogP) is 1.51. The molecule has 10 heteroatoms. The molecule has 0 fully saturated rings. The molecular formula is C26H38N4O6. The van der Waals surface area contributed by atoms with E-state index in [1.54, 1.807) is 45.0 Å². The van der Waals surface area contributed by atoms with Crippen molar-refractivity contribution < 1.29 is 28.7 Å². The molecule has 4 N–H and O–H groups in total. The summed E-state index contributed by atoms with van der Waals surface area (Å²) in [5.41, 5.74) is -0.0732. The zero-order chi connectivity index (χ0) is 27.5. The second-order valence-electron chi connectivity index (χ2n) is 9.86. The van der Waals surface area contributed by atoms with Crippen molar-refractivity contribution in [3.63, 3.8) is 0 Å². The Hall–Kier alpha value is -3.69. The van der Waals surface area contributed by atoms with Crippen molar-refractivity contribution in [1.82, 2.24) is 21.3 Å². The van der Waals surface area contributed by atoms with Crippen LogP contribution in [0.2, 0.25) is 0 Å². The topological polar surface area (TPSA) is 143 Å². The minimum atomic E-state index is -0.964. The van der Waals surface area contributed by atoms with Gasteiger partial charge in [0.25, 0.3) is 5.91 Å². The van der Waals surface area contributed by atoms with E-state index in [0.717, 1.165) is 0 Å². The van der Waals surface area contributed by atoms with Gasteiger partial charge in [-0.05, 0) is 30.9 Å². The zero-order valence-electron chi connectivity index (χ0n) is 22.1. The number of esters is 1. The summed E-state index contributed by atoms with van der Waals surface area (Å²) in [6.07, 6.45) is 1.89. The molecule has 1 rings (SSSR count). The van der Waals surface area contributed by atoms with Crippen molar-refractivity contribution in [2.45, 2.75) is 60.0 Å². The smallest absolute Gasteiger partial charge is 0.328 e. The monoisotopic (exact) mass is 502 g/mol. The van der Waals surface area contributed by atoms with Gasteiger partial charge in [0.05, 0.1) is 13.7 Å². The SMILES string of the molecule is COC(=O)[C@@H](CC(C)C)NC(=O)[C@H](C)NC(=O)CNC(=O)/C(=C/c1ccccc1)NC(=O)C(C)(C)C. The average Bonchev–Trinajstić information content (AvgIpc) is 2.80. The van der Waals surface area contributed by atoms with Crippen LogP contribution in [0, 0.1) is 11.3 Å². The van der Waals surface area contributed by atoms with E-state index in [-0.39, 0.29) is 17.5 Å². The molecule has 1 aromatic carbocycles. The van der Waals surface area contributed by atoms with Gasteiger partial charge in [-0.15, -0.1) is 0 Å². The summed E-state index contributed by atoms with van der Waals surface area (Å²) in [5, 5.41) is 10.1. The van der Waals surface area contributed by atoms with Gasteiger partial charge in [0.1, 0.15) is 17.8 Å². The molecule has 4 amide bonds. The van der Waals surface area contributed by atoms with Crippen molar-refractivity contribution in [3.8, 4) is 0 Å². The van der Waals surface area contributed by atoms with Gasteiger partial charge in [-0.2, -0.15) is 0 Å². The molecule has 0 aromatic heterocycles. The molecule has 0 saturated heterocycles. The van der Waals surface area contributed by atoms with Gasteiger partial charge >= 0.3 is 5.97 Å². The highest BCUT2D eigenvalue weighted by atomic mass is 16.5. The molecule has 0 aliphatic heterocycles. The Morgan fingerprint density at radius 2 is 1.58 bits per heavy atom.